The quantitative estimate of drug-likeness (QED) is 0.363. The summed E-state index contributed by atoms with van der Waals surface area (Å²) in [5, 5.41) is 5.24. The number of fused-ring (bicyclic) bond motifs is 6. The lowest BCUT2D eigenvalue weighted by atomic mass is 9.79. The summed E-state index contributed by atoms with van der Waals surface area (Å²) in [7, 11) is 0. The number of para-hydroxylation sites is 1. The Kier molecular flexibility index (Phi) is 3.53. The Morgan fingerprint density at radius 2 is 1.67 bits per heavy atom. The number of pyridine rings is 1. The van der Waals surface area contributed by atoms with E-state index in [1.165, 1.54) is 12.1 Å². The van der Waals surface area contributed by atoms with Gasteiger partial charge in [0, 0.05) is 28.6 Å². The highest BCUT2D eigenvalue weighted by molar-refractivity contribution is 6.00. The molecular formula is C25H15FN2O2. The number of anilines is 2. The number of nitrogens with one attached hydrogen (secondary N) is 1. The molecule has 5 heteroatoms. The molecule has 1 N–H and O–H groups in total. The molecule has 0 fully saturated rings. The molecule has 0 amide bonds. The largest absolute Gasteiger partial charge is 0.422 e. The van der Waals surface area contributed by atoms with E-state index in [0.29, 0.717) is 11.1 Å². The third kappa shape index (κ3) is 2.38. The topological polar surface area (TPSA) is 55.1 Å². The lowest BCUT2D eigenvalue weighted by Gasteiger charge is -2.30. The van der Waals surface area contributed by atoms with E-state index in [1.54, 1.807) is 24.4 Å². The lowest BCUT2D eigenvalue weighted by Crippen LogP contribution is -2.22. The second kappa shape index (κ2) is 6.26. The molecule has 3 heterocycles. The average Bonchev–Trinajstić information content (AvgIpc) is 2.78. The number of nitrogens with zero attached hydrogens (tertiary/aromatic N) is 1. The molecule has 1 aliphatic heterocycles. The van der Waals surface area contributed by atoms with Gasteiger partial charge in [0.1, 0.15) is 11.4 Å². The van der Waals surface area contributed by atoms with Crippen molar-refractivity contribution in [1.29, 1.82) is 0 Å². The van der Waals surface area contributed by atoms with Gasteiger partial charge in [-0.1, -0.05) is 30.3 Å². The average molecular weight is 394 g/mol. The van der Waals surface area contributed by atoms with Crippen LogP contribution < -0.4 is 10.9 Å². The van der Waals surface area contributed by atoms with E-state index in [0.717, 1.165) is 38.8 Å². The van der Waals surface area contributed by atoms with Crippen LogP contribution >= 0.6 is 0 Å². The summed E-state index contributed by atoms with van der Waals surface area (Å²) >= 11 is 0. The molecule has 3 aromatic carbocycles. The van der Waals surface area contributed by atoms with E-state index in [4.69, 9.17) is 4.42 Å². The summed E-state index contributed by atoms with van der Waals surface area (Å²) in [5.41, 5.74) is 4.85. The van der Waals surface area contributed by atoms with Gasteiger partial charge in [-0.2, -0.15) is 0 Å². The van der Waals surface area contributed by atoms with Crippen LogP contribution in [0.2, 0.25) is 0 Å². The SMILES string of the molecule is O=c1oc2ccccc2c2c1C(c1ccc(F)cc1)c1c(ccc3ncccc13)N2. The standard InChI is InChI=1S/C25H15FN2O2/c26-15-9-7-14(8-10-15)21-22-16-5-3-13-27-18(16)11-12-19(22)28-24-17-4-1-2-6-20(17)30-25(29)23(21)24/h1-13,21,28H. The van der Waals surface area contributed by atoms with Gasteiger partial charge in [-0.05, 0) is 53.6 Å². The Labute approximate surface area is 170 Å². The molecule has 0 spiro atoms. The summed E-state index contributed by atoms with van der Waals surface area (Å²) in [5.74, 6) is -0.733. The van der Waals surface area contributed by atoms with Crippen molar-refractivity contribution in [1.82, 2.24) is 4.98 Å². The number of rotatable bonds is 1. The van der Waals surface area contributed by atoms with Gasteiger partial charge in [0.05, 0.1) is 16.8 Å². The van der Waals surface area contributed by atoms with Crippen LogP contribution in [0.1, 0.15) is 22.6 Å². The molecule has 1 atom stereocenters. The number of hydrogen-bond acceptors (Lipinski definition) is 4. The first-order chi connectivity index (χ1) is 14.7. The molecule has 0 bridgehead atoms. The Hall–Kier alpha value is -3.99. The first-order valence-electron chi connectivity index (χ1n) is 9.66. The van der Waals surface area contributed by atoms with E-state index in [1.807, 2.05) is 42.5 Å². The van der Waals surface area contributed by atoms with Crippen LogP contribution in [0.5, 0.6) is 0 Å². The molecule has 4 nitrogen and oxygen atoms in total. The third-order valence-electron chi connectivity index (χ3n) is 5.72. The van der Waals surface area contributed by atoms with Crippen LogP contribution in [0.3, 0.4) is 0 Å². The van der Waals surface area contributed by atoms with Gasteiger partial charge >= 0.3 is 5.63 Å². The predicted octanol–water partition coefficient (Wildman–Crippen LogP) is 5.72. The number of benzene rings is 3. The third-order valence-corrected chi connectivity index (χ3v) is 5.72. The summed E-state index contributed by atoms with van der Waals surface area (Å²) in [6.45, 7) is 0. The zero-order chi connectivity index (χ0) is 20.2. The maximum absolute atomic E-state index is 13.7. The van der Waals surface area contributed by atoms with E-state index >= 15 is 0 Å². The Morgan fingerprint density at radius 3 is 2.53 bits per heavy atom. The number of hydrogen-bond donors (Lipinski definition) is 1. The molecule has 6 rings (SSSR count). The highest BCUT2D eigenvalue weighted by Crippen LogP contribution is 2.48. The van der Waals surface area contributed by atoms with Crippen LogP contribution in [0.4, 0.5) is 15.8 Å². The highest BCUT2D eigenvalue weighted by atomic mass is 19.1. The second-order valence-electron chi connectivity index (χ2n) is 7.38. The van der Waals surface area contributed by atoms with Gasteiger partial charge < -0.3 is 9.73 Å². The van der Waals surface area contributed by atoms with Crippen LogP contribution in [0.15, 0.2) is 88.2 Å². The van der Waals surface area contributed by atoms with Crippen LogP contribution in [0.25, 0.3) is 21.9 Å². The minimum atomic E-state index is -0.411. The van der Waals surface area contributed by atoms with Crippen molar-refractivity contribution < 1.29 is 8.81 Å². The van der Waals surface area contributed by atoms with Crippen molar-refractivity contribution in [3.05, 3.63) is 112 Å². The Bertz CT molecular complexity index is 1510. The summed E-state index contributed by atoms with van der Waals surface area (Å²) in [4.78, 5) is 17.6. The zero-order valence-corrected chi connectivity index (χ0v) is 15.7. The first kappa shape index (κ1) is 16.9. The predicted molar refractivity (Wildman–Crippen MR) is 115 cm³/mol. The Balaban J connectivity index is 1.76. The van der Waals surface area contributed by atoms with Crippen LogP contribution in [0, 0.1) is 5.82 Å². The van der Waals surface area contributed by atoms with Crippen LogP contribution in [-0.4, -0.2) is 4.98 Å². The molecular weight excluding hydrogens is 379 g/mol. The van der Waals surface area contributed by atoms with Crippen LogP contribution in [-0.2, 0) is 0 Å². The van der Waals surface area contributed by atoms with E-state index < -0.39 is 11.5 Å². The minimum Gasteiger partial charge on any atom is -0.422 e. The molecule has 144 valence electrons. The van der Waals surface area contributed by atoms with Gasteiger partial charge in [-0.15, -0.1) is 0 Å². The zero-order valence-electron chi connectivity index (χ0n) is 15.7. The highest BCUT2D eigenvalue weighted by Gasteiger charge is 2.33. The minimum absolute atomic E-state index is 0.321. The molecule has 0 saturated heterocycles. The van der Waals surface area contributed by atoms with E-state index in [-0.39, 0.29) is 5.82 Å². The summed E-state index contributed by atoms with van der Waals surface area (Å²) in [6, 6.07) is 21.6. The van der Waals surface area contributed by atoms with Gasteiger partial charge in [-0.25, -0.2) is 9.18 Å². The lowest BCUT2D eigenvalue weighted by molar-refractivity contribution is 0.549. The van der Waals surface area contributed by atoms with Gasteiger partial charge in [0.2, 0.25) is 0 Å². The van der Waals surface area contributed by atoms with Gasteiger partial charge in [-0.3, -0.25) is 4.98 Å². The van der Waals surface area contributed by atoms with Crippen molar-refractivity contribution in [2.75, 3.05) is 5.32 Å². The van der Waals surface area contributed by atoms with Crippen molar-refractivity contribution in [2.24, 2.45) is 0 Å². The number of halogens is 1. The fourth-order valence-corrected chi connectivity index (χ4v) is 4.42. The van der Waals surface area contributed by atoms with E-state index in [2.05, 4.69) is 10.3 Å². The summed E-state index contributed by atoms with van der Waals surface area (Å²) < 4.78 is 19.4. The van der Waals surface area contributed by atoms with E-state index in [9.17, 15) is 9.18 Å². The summed E-state index contributed by atoms with van der Waals surface area (Å²) in [6.07, 6.45) is 1.74. The van der Waals surface area contributed by atoms with Gasteiger partial charge in [0.25, 0.3) is 0 Å². The molecule has 0 aliphatic carbocycles. The molecule has 30 heavy (non-hydrogen) atoms. The first-order valence-corrected chi connectivity index (χ1v) is 9.66. The van der Waals surface area contributed by atoms with Crippen molar-refractivity contribution in [3.63, 3.8) is 0 Å². The fourth-order valence-electron chi connectivity index (χ4n) is 4.42. The van der Waals surface area contributed by atoms with Gasteiger partial charge in [0.15, 0.2) is 0 Å². The molecule has 1 aliphatic rings. The monoisotopic (exact) mass is 394 g/mol. The second-order valence-corrected chi connectivity index (χ2v) is 7.38. The Morgan fingerprint density at radius 1 is 0.867 bits per heavy atom. The molecule has 2 aromatic heterocycles. The normalized spacial score (nSPS) is 14.9. The fraction of sp³-hybridized carbons (Fsp3) is 0.0400. The molecule has 0 radical (unpaired) electrons. The smallest absolute Gasteiger partial charge is 0.342 e. The van der Waals surface area contributed by atoms with Crippen molar-refractivity contribution >= 4 is 33.2 Å². The number of aromatic nitrogens is 1. The van der Waals surface area contributed by atoms with Crippen molar-refractivity contribution in [3.8, 4) is 0 Å². The maximum atomic E-state index is 13.7. The van der Waals surface area contributed by atoms with Crippen molar-refractivity contribution in [2.45, 2.75) is 5.92 Å². The maximum Gasteiger partial charge on any atom is 0.342 e. The molecule has 1 unspecified atom stereocenters. The molecule has 0 saturated carbocycles. The molecule has 5 aromatic rings.